The quantitative estimate of drug-likeness (QED) is 0.620. The van der Waals surface area contributed by atoms with Crippen molar-refractivity contribution in [1.82, 2.24) is 24.9 Å². The zero-order valence-corrected chi connectivity index (χ0v) is 17.1. The Morgan fingerprint density at radius 2 is 2.03 bits per heavy atom. The van der Waals surface area contributed by atoms with Crippen LogP contribution in [0.5, 0.6) is 0 Å². The van der Waals surface area contributed by atoms with Gasteiger partial charge in [0.2, 0.25) is 5.91 Å². The van der Waals surface area contributed by atoms with Gasteiger partial charge in [0, 0.05) is 44.6 Å². The Labute approximate surface area is 168 Å². The number of rotatable bonds is 7. The minimum atomic E-state index is -0.563. The first-order valence-electron chi connectivity index (χ1n) is 9.30. The summed E-state index contributed by atoms with van der Waals surface area (Å²) in [7, 11) is 3.85. The van der Waals surface area contributed by atoms with Gasteiger partial charge in [-0.25, -0.2) is 14.5 Å². The van der Waals surface area contributed by atoms with E-state index in [2.05, 4.69) is 20.4 Å². The Bertz CT molecular complexity index is 1070. The van der Waals surface area contributed by atoms with Crippen molar-refractivity contribution in [2.45, 2.75) is 33.2 Å². The average molecular weight is 395 g/mol. The fraction of sp³-hybridized carbons (Fsp3) is 0.350. The van der Waals surface area contributed by atoms with E-state index in [1.165, 1.54) is 6.20 Å². The van der Waals surface area contributed by atoms with Gasteiger partial charge >= 0.3 is 0 Å². The van der Waals surface area contributed by atoms with Gasteiger partial charge in [-0.05, 0) is 43.5 Å². The van der Waals surface area contributed by atoms with Crippen LogP contribution in [0.4, 0.5) is 5.82 Å². The first kappa shape index (κ1) is 20.2. The highest BCUT2D eigenvalue weighted by Gasteiger charge is 2.17. The number of primary amides is 1. The molecule has 3 N–H and O–H groups in total. The third-order valence-electron chi connectivity index (χ3n) is 4.83. The number of nitrogens with zero attached hydrogens (tertiary/aromatic N) is 5. The van der Waals surface area contributed by atoms with Crippen LogP contribution in [-0.4, -0.2) is 45.5 Å². The lowest BCUT2D eigenvalue weighted by atomic mass is 10.1. The minimum Gasteiger partial charge on any atom is -0.365 e. The van der Waals surface area contributed by atoms with Crippen molar-refractivity contribution >= 4 is 23.3 Å². The number of amides is 2. The molecule has 0 spiro atoms. The summed E-state index contributed by atoms with van der Waals surface area (Å²) in [5.41, 5.74) is 9.63. The summed E-state index contributed by atoms with van der Waals surface area (Å²) < 4.78 is 1.60. The number of aromatic nitrogens is 4. The summed E-state index contributed by atoms with van der Waals surface area (Å²) in [6, 6.07) is 3.83. The van der Waals surface area contributed by atoms with Crippen LogP contribution >= 0.6 is 0 Å². The second-order valence-corrected chi connectivity index (χ2v) is 7.11. The molecular weight excluding hydrogens is 370 g/mol. The van der Waals surface area contributed by atoms with E-state index < -0.39 is 5.91 Å². The first-order chi connectivity index (χ1) is 13.8. The molecular formula is C20H25N7O2. The lowest BCUT2D eigenvalue weighted by Crippen LogP contribution is -2.23. The van der Waals surface area contributed by atoms with Gasteiger partial charge < -0.3 is 16.0 Å². The highest BCUT2D eigenvalue weighted by atomic mass is 16.1. The van der Waals surface area contributed by atoms with Crippen molar-refractivity contribution in [3.63, 3.8) is 0 Å². The zero-order valence-electron chi connectivity index (χ0n) is 17.1. The van der Waals surface area contributed by atoms with Crippen LogP contribution in [0.2, 0.25) is 0 Å². The highest BCUT2D eigenvalue weighted by molar-refractivity contribution is 5.98. The number of anilines is 1. The van der Waals surface area contributed by atoms with Gasteiger partial charge in [0.25, 0.3) is 5.91 Å². The predicted molar refractivity (Wildman–Crippen MR) is 110 cm³/mol. The van der Waals surface area contributed by atoms with E-state index >= 15 is 0 Å². The Morgan fingerprint density at radius 1 is 1.28 bits per heavy atom. The van der Waals surface area contributed by atoms with Gasteiger partial charge in [0.1, 0.15) is 11.4 Å². The molecule has 0 aliphatic rings. The predicted octanol–water partition coefficient (Wildman–Crippen LogP) is 1.16. The molecule has 9 heteroatoms. The topological polar surface area (TPSA) is 119 Å². The normalized spacial score (nSPS) is 10.9. The van der Waals surface area contributed by atoms with Crippen LogP contribution in [0, 0.1) is 13.8 Å². The van der Waals surface area contributed by atoms with Gasteiger partial charge in [-0.2, -0.15) is 5.10 Å². The van der Waals surface area contributed by atoms with Gasteiger partial charge in [0.05, 0.1) is 6.20 Å². The molecule has 0 aliphatic carbocycles. The van der Waals surface area contributed by atoms with Crippen LogP contribution < -0.4 is 16.0 Å². The van der Waals surface area contributed by atoms with Crippen molar-refractivity contribution < 1.29 is 9.59 Å². The molecule has 3 aromatic rings. The number of aryl methyl sites for hydroxylation is 2. The summed E-state index contributed by atoms with van der Waals surface area (Å²) >= 11 is 0. The summed E-state index contributed by atoms with van der Waals surface area (Å²) in [5.74, 6) is 0.231. The molecule has 3 aromatic heterocycles. The Kier molecular flexibility index (Phi) is 5.76. The molecule has 0 fully saturated rings. The van der Waals surface area contributed by atoms with E-state index in [9.17, 15) is 9.59 Å². The number of hydrogen-bond donors (Lipinski definition) is 2. The molecule has 3 rings (SSSR count). The van der Waals surface area contributed by atoms with Gasteiger partial charge in [-0.1, -0.05) is 0 Å². The Balaban J connectivity index is 1.66. The largest absolute Gasteiger partial charge is 0.365 e. The maximum Gasteiger partial charge on any atom is 0.254 e. The molecule has 0 bridgehead atoms. The molecule has 29 heavy (non-hydrogen) atoms. The third-order valence-corrected chi connectivity index (χ3v) is 4.83. The summed E-state index contributed by atoms with van der Waals surface area (Å²) in [6.07, 6.45) is 4.00. The Morgan fingerprint density at radius 3 is 2.72 bits per heavy atom. The number of hydrogen-bond acceptors (Lipinski definition) is 6. The summed E-state index contributed by atoms with van der Waals surface area (Å²) in [5, 5.41) is 7.15. The van der Waals surface area contributed by atoms with Gasteiger partial charge in [-0.3, -0.25) is 9.59 Å². The molecule has 152 valence electrons. The Hall–Kier alpha value is -3.49. The van der Waals surface area contributed by atoms with Gasteiger partial charge in [-0.15, -0.1) is 0 Å². The molecule has 0 unspecified atom stereocenters. The average Bonchev–Trinajstić information content (AvgIpc) is 3.10. The van der Waals surface area contributed by atoms with Crippen LogP contribution in [-0.2, 0) is 17.8 Å². The van der Waals surface area contributed by atoms with Crippen molar-refractivity contribution in [3.05, 3.63) is 52.6 Å². The smallest absolute Gasteiger partial charge is 0.254 e. The van der Waals surface area contributed by atoms with Crippen LogP contribution in [0.25, 0.3) is 5.65 Å². The van der Waals surface area contributed by atoms with E-state index in [-0.39, 0.29) is 11.5 Å². The van der Waals surface area contributed by atoms with E-state index in [4.69, 9.17) is 5.73 Å². The van der Waals surface area contributed by atoms with E-state index in [0.29, 0.717) is 25.0 Å². The van der Waals surface area contributed by atoms with Gasteiger partial charge in [0.15, 0.2) is 5.65 Å². The van der Waals surface area contributed by atoms with E-state index in [0.717, 1.165) is 28.3 Å². The maximum atomic E-state index is 12.3. The summed E-state index contributed by atoms with van der Waals surface area (Å²) in [6.45, 7) is 4.20. The lowest BCUT2D eigenvalue weighted by molar-refractivity contribution is -0.121. The van der Waals surface area contributed by atoms with Crippen molar-refractivity contribution in [2.24, 2.45) is 5.73 Å². The molecule has 9 nitrogen and oxygen atoms in total. The molecule has 0 aliphatic heterocycles. The number of nitrogens with two attached hydrogens (primary N) is 1. The first-order valence-corrected chi connectivity index (χ1v) is 9.30. The van der Waals surface area contributed by atoms with E-state index in [1.54, 1.807) is 10.7 Å². The number of pyridine rings is 1. The van der Waals surface area contributed by atoms with Crippen LogP contribution in [0.3, 0.4) is 0 Å². The molecule has 0 atom stereocenters. The monoisotopic (exact) mass is 395 g/mol. The molecule has 2 amide bonds. The fourth-order valence-electron chi connectivity index (χ4n) is 3.19. The second-order valence-electron chi connectivity index (χ2n) is 7.11. The van der Waals surface area contributed by atoms with Crippen molar-refractivity contribution in [2.75, 3.05) is 19.0 Å². The minimum absolute atomic E-state index is 0.0506. The van der Waals surface area contributed by atoms with Crippen molar-refractivity contribution in [3.8, 4) is 0 Å². The fourth-order valence-corrected chi connectivity index (χ4v) is 3.19. The highest BCUT2D eigenvalue weighted by Crippen LogP contribution is 2.18. The number of carbonyl (C=O) groups is 2. The van der Waals surface area contributed by atoms with Crippen LogP contribution in [0.1, 0.15) is 39.3 Å². The molecule has 0 saturated heterocycles. The van der Waals surface area contributed by atoms with E-state index in [1.807, 2.05) is 45.0 Å². The van der Waals surface area contributed by atoms with Crippen LogP contribution in [0.15, 0.2) is 24.5 Å². The maximum absolute atomic E-state index is 12.3. The molecule has 0 aromatic carbocycles. The molecule has 0 saturated carbocycles. The SMILES string of the molecule is Cc1nc2c(C(N)=O)cnn2c(C)c1CCC(=O)NCc1ccnc(N(C)C)c1. The molecule has 3 heterocycles. The third kappa shape index (κ3) is 4.34. The zero-order chi connectivity index (χ0) is 21.1. The van der Waals surface area contributed by atoms with Crippen molar-refractivity contribution in [1.29, 1.82) is 0 Å². The standard InChI is InChI=1S/C20H25N7O2/c1-12-15(13(2)27-20(25-12)16(11-24-27)19(21)29)5-6-18(28)23-10-14-7-8-22-17(9-14)26(3)4/h7-9,11H,5-6,10H2,1-4H3,(H2,21,29)(H,23,28). The number of nitrogens with one attached hydrogen (secondary N) is 1. The number of carbonyl (C=O) groups excluding carboxylic acids is 2. The number of fused-ring (bicyclic) bond motifs is 1. The second kappa shape index (κ2) is 8.26. The lowest BCUT2D eigenvalue weighted by Gasteiger charge is -2.13. The summed E-state index contributed by atoms with van der Waals surface area (Å²) in [4.78, 5) is 34.5. The molecule has 0 radical (unpaired) electrons.